The number of anilines is 1. The van der Waals surface area contributed by atoms with Gasteiger partial charge in [-0.05, 0) is 24.1 Å². The lowest BCUT2D eigenvalue weighted by Crippen LogP contribution is -2.27. The summed E-state index contributed by atoms with van der Waals surface area (Å²) in [6.45, 7) is 0.968. The van der Waals surface area contributed by atoms with Crippen molar-refractivity contribution in [2.24, 2.45) is 0 Å². The van der Waals surface area contributed by atoms with Crippen LogP contribution in [0.25, 0.3) is 0 Å². The number of rotatable bonds is 10. The first-order valence-electron chi connectivity index (χ1n) is 8.62. The van der Waals surface area contributed by atoms with Gasteiger partial charge in [-0.15, -0.1) is 0 Å². The van der Waals surface area contributed by atoms with Crippen LogP contribution in [0.2, 0.25) is 0 Å². The van der Waals surface area contributed by atoms with Crippen molar-refractivity contribution in [3.8, 4) is 17.2 Å². The number of carbonyl (C=O) groups excluding carboxylic acids is 1. The number of amides is 1. The standard InChI is InChI=1S/C20H25FN2O4/c1-25-17-12-16(13-18(26-2)20(17)27-3)22-11-9-19(24)23-10-8-14-4-6-15(21)7-5-14/h4-7,12-13,22H,8-11H2,1-3H3,(H,23,24). The summed E-state index contributed by atoms with van der Waals surface area (Å²) in [7, 11) is 4.65. The summed E-state index contributed by atoms with van der Waals surface area (Å²) in [5, 5.41) is 6.03. The van der Waals surface area contributed by atoms with Crippen molar-refractivity contribution in [3.05, 3.63) is 47.8 Å². The Balaban J connectivity index is 1.78. The average molecular weight is 376 g/mol. The van der Waals surface area contributed by atoms with Crippen LogP contribution >= 0.6 is 0 Å². The predicted molar refractivity (Wildman–Crippen MR) is 102 cm³/mol. The Morgan fingerprint density at radius 2 is 1.59 bits per heavy atom. The molecule has 0 aromatic heterocycles. The van der Waals surface area contributed by atoms with Gasteiger partial charge < -0.3 is 24.8 Å². The molecular weight excluding hydrogens is 351 g/mol. The SMILES string of the molecule is COc1cc(NCCC(=O)NCCc2ccc(F)cc2)cc(OC)c1OC. The lowest BCUT2D eigenvalue weighted by molar-refractivity contribution is -0.120. The summed E-state index contributed by atoms with van der Waals surface area (Å²) >= 11 is 0. The highest BCUT2D eigenvalue weighted by molar-refractivity contribution is 5.76. The van der Waals surface area contributed by atoms with E-state index in [1.165, 1.54) is 12.1 Å². The third-order valence-electron chi connectivity index (χ3n) is 4.00. The molecule has 0 fully saturated rings. The molecule has 1 amide bonds. The van der Waals surface area contributed by atoms with E-state index in [9.17, 15) is 9.18 Å². The largest absolute Gasteiger partial charge is 0.493 e. The van der Waals surface area contributed by atoms with E-state index < -0.39 is 0 Å². The van der Waals surface area contributed by atoms with E-state index in [2.05, 4.69) is 10.6 Å². The van der Waals surface area contributed by atoms with Gasteiger partial charge in [-0.1, -0.05) is 12.1 Å². The average Bonchev–Trinajstić information content (AvgIpc) is 2.68. The Labute approximate surface area is 158 Å². The molecule has 0 spiro atoms. The van der Waals surface area contributed by atoms with Gasteiger partial charge in [0.15, 0.2) is 11.5 Å². The maximum atomic E-state index is 12.9. The Morgan fingerprint density at radius 1 is 0.963 bits per heavy atom. The zero-order valence-electron chi connectivity index (χ0n) is 15.8. The molecule has 27 heavy (non-hydrogen) atoms. The Kier molecular flexibility index (Phi) is 7.73. The molecule has 2 N–H and O–H groups in total. The zero-order chi connectivity index (χ0) is 19.6. The first-order valence-corrected chi connectivity index (χ1v) is 8.62. The minimum absolute atomic E-state index is 0.0583. The monoisotopic (exact) mass is 376 g/mol. The van der Waals surface area contributed by atoms with Gasteiger partial charge in [0.2, 0.25) is 11.7 Å². The molecule has 0 heterocycles. The van der Waals surface area contributed by atoms with E-state index in [-0.39, 0.29) is 11.7 Å². The van der Waals surface area contributed by atoms with Gasteiger partial charge >= 0.3 is 0 Å². The molecule has 0 saturated heterocycles. The van der Waals surface area contributed by atoms with Crippen LogP contribution in [0.15, 0.2) is 36.4 Å². The van der Waals surface area contributed by atoms with E-state index in [1.807, 2.05) is 0 Å². The van der Waals surface area contributed by atoms with Gasteiger partial charge in [-0.3, -0.25) is 4.79 Å². The Hall–Kier alpha value is -2.96. The van der Waals surface area contributed by atoms with Crippen molar-refractivity contribution in [2.45, 2.75) is 12.8 Å². The summed E-state index contributed by atoms with van der Waals surface area (Å²) in [5.41, 5.74) is 1.75. The third-order valence-corrected chi connectivity index (χ3v) is 4.00. The van der Waals surface area contributed by atoms with E-state index in [0.29, 0.717) is 43.2 Å². The molecule has 0 unspecified atom stereocenters. The molecule has 7 heteroatoms. The number of hydrogen-bond donors (Lipinski definition) is 2. The fourth-order valence-electron chi connectivity index (χ4n) is 2.59. The van der Waals surface area contributed by atoms with Crippen LogP contribution in [-0.2, 0) is 11.2 Å². The lowest BCUT2D eigenvalue weighted by atomic mass is 10.1. The highest BCUT2D eigenvalue weighted by atomic mass is 19.1. The highest BCUT2D eigenvalue weighted by Gasteiger charge is 2.13. The second kappa shape index (κ2) is 10.3. The Morgan fingerprint density at radius 3 is 2.15 bits per heavy atom. The normalized spacial score (nSPS) is 10.2. The van der Waals surface area contributed by atoms with Crippen LogP contribution in [0.5, 0.6) is 17.2 Å². The van der Waals surface area contributed by atoms with Crippen LogP contribution in [0.3, 0.4) is 0 Å². The van der Waals surface area contributed by atoms with Crippen molar-refractivity contribution < 1.29 is 23.4 Å². The van der Waals surface area contributed by atoms with Crippen molar-refractivity contribution in [2.75, 3.05) is 39.7 Å². The van der Waals surface area contributed by atoms with Gasteiger partial charge in [-0.25, -0.2) is 4.39 Å². The first-order chi connectivity index (χ1) is 13.1. The minimum Gasteiger partial charge on any atom is -0.493 e. The summed E-state index contributed by atoms with van der Waals surface area (Å²) in [6, 6.07) is 9.83. The number of benzene rings is 2. The van der Waals surface area contributed by atoms with Crippen LogP contribution < -0.4 is 24.8 Å². The van der Waals surface area contributed by atoms with Crippen molar-refractivity contribution in [3.63, 3.8) is 0 Å². The zero-order valence-corrected chi connectivity index (χ0v) is 15.8. The summed E-state index contributed by atoms with van der Waals surface area (Å²) in [5.74, 6) is 1.29. The molecule has 0 bridgehead atoms. The number of methoxy groups -OCH3 is 3. The van der Waals surface area contributed by atoms with Gasteiger partial charge in [-0.2, -0.15) is 0 Å². The second-order valence-electron chi connectivity index (χ2n) is 5.82. The van der Waals surface area contributed by atoms with Crippen LogP contribution in [0.1, 0.15) is 12.0 Å². The number of carbonyl (C=O) groups is 1. The van der Waals surface area contributed by atoms with Crippen LogP contribution in [-0.4, -0.2) is 40.3 Å². The van der Waals surface area contributed by atoms with Crippen LogP contribution in [0.4, 0.5) is 10.1 Å². The highest BCUT2D eigenvalue weighted by Crippen LogP contribution is 2.39. The molecule has 0 saturated carbocycles. The summed E-state index contributed by atoms with van der Waals surface area (Å²) < 4.78 is 28.7. The van der Waals surface area contributed by atoms with Gasteiger partial charge in [0.1, 0.15) is 5.82 Å². The molecule has 0 aliphatic heterocycles. The van der Waals surface area contributed by atoms with Gasteiger partial charge in [0, 0.05) is 37.3 Å². The van der Waals surface area contributed by atoms with Gasteiger partial charge in [0.25, 0.3) is 0 Å². The number of halogens is 1. The fraction of sp³-hybridized carbons (Fsp3) is 0.350. The fourth-order valence-corrected chi connectivity index (χ4v) is 2.59. The molecule has 0 atom stereocenters. The topological polar surface area (TPSA) is 68.8 Å². The van der Waals surface area contributed by atoms with E-state index in [0.717, 1.165) is 11.3 Å². The molecule has 0 aliphatic carbocycles. The molecule has 6 nitrogen and oxygen atoms in total. The molecule has 0 aliphatic rings. The third kappa shape index (κ3) is 6.06. The van der Waals surface area contributed by atoms with Crippen molar-refractivity contribution in [1.29, 1.82) is 0 Å². The van der Waals surface area contributed by atoms with Crippen LogP contribution in [0, 0.1) is 5.82 Å². The Bertz CT molecular complexity index is 725. The lowest BCUT2D eigenvalue weighted by Gasteiger charge is -2.15. The predicted octanol–water partition coefficient (Wildman–Crippen LogP) is 3.01. The van der Waals surface area contributed by atoms with Crippen molar-refractivity contribution in [1.82, 2.24) is 5.32 Å². The summed E-state index contributed by atoms with van der Waals surface area (Å²) in [6.07, 6.45) is 0.979. The number of ether oxygens (including phenoxy) is 3. The number of hydrogen-bond acceptors (Lipinski definition) is 5. The number of nitrogens with one attached hydrogen (secondary N) is 2. The molecule has 0 radical (unpaired) electrons. The molecule has 146 valence electrons. The first kappa shape index (κ1) is 20.4. The molecular formula is C20H25FN2O4. The second-order valence-corrected chi connectivity index (χ2v) is 5.82. The minimum atomic E-state index is -0.263. The maximum Gasteiger partial charge on any atom is 0.221 e. The van der Waals surface area contributed by atoms with Gasteiger partial charge in [0.05, 0.1) is 21.3 Å². The summed E-state index contributed by atoms with van der Waals surface area (Å²) in [4.78, 5) is 11.9. The quantitative estimate of drug-likeness (QED) is 0.667. The van der Waals surface area contributed by atoms with E-state index >= 15 is 0 Å². The molecule has 2 aromatic rings. The molecule has 2 aromatic carbocycles. The van der Waals surface area contributed by atoms with E-state index in [4.69, 9.17) is 14.2 Å². The smallest absolute Gasteiger partial charge is 0.221 e. The maximum absolute atomic E-state index is 12.9. The molecule has 2 rings (SSSR count). The van der Waals surface area contributed by atoms with E-state index in [1.54, 1.807) is 45.6 Å². The van der Waals surface area contributed by atoms with Crippen molar-refractivity contribution >= 4 is 11.6 Å².